The molecule has 0 bridgehead atoms. The van der Waals surface area contributed by atoms with Gasteiger partial charge in [0.25, 0.3) is 5.91 Å². The first kappa shape index (κ1) is 15.2. The quantitative estimate of drug-likeness (QED) is 0.802. The number of carbonyl (C=O) groups is 1. The van der Waals surface area contributed by atoms with Crippen molar-refractivity contribution >= 4 is 17.2 Å². The molecule has 0 atom stereocenters. The van der Waals surface area contributed by atoms with E-state index in [1.54, 1.807) is 22.9 Å². The number of rotatable bonds is 4. The van der Waals surface area contributed by atoms with Crippen LogP contribution in [0, 0.1) is 6.92 Å². The van der Waals surface area contributed by atoms with Crippen molar-refractivity contribution in [2.75, 3.05) is 0 Å². The maximum atomic E-state index is 12.3. The van der Waals surface area contributed by atoms with Crippen LogP contribution in [0.4, 0.5) is 0 Å². The van der Waals surface area contributed by atoms with Crippen LogP contribution in [0.25, 0.3) is 5.69 Å². The molecule has 0 spiro atoms. The third-order valence-corrected chi connectivity index (χ3v) is 4.20. The van der Waals surface area contributed by atoms with E-state index in [1.165, 1.54) is 6.07 Å². The summed E-state index contributed by atoms with van der Waals surface area (Å²) in [6.45, 7) is 2.17. The molecule has 2 aromatic heterocycles. The normalized spacial score (nSPS) is 10.5. The van der Waals surface area contributed by atoms with Crippen LogP contribution in [-0.2, 0) is 6.54 Å². The standard InChI is InChI=1S/C17H15N3O2S/c1-12-10-15(21)16(17(22)18-11-14-8-5-9-23-14)19-20(12)13-6-3-2-4-7-13/h2-10H,11H2,1H3,(H,18,22). The Bertz CT molecular complexity index is 871. The molecule has 0 aliphatic carbocycles. The Morgan fingerprint density at radius 2 is 2.00 bits per heavy atom. The minimum atomic E-state index is -0.465. The zero-order valence-electron chi connectivity index (χ0n) is 12.5. The van der Waals surface area contributed by atoms with Crippen molar-refractivity contribution in [2.45, 2.75) is 13.5 Å². The van der Waals surface area contributed by atoms with Crippen LogP contribution >= 0.6 is 11.3 Å². The van der Waals surface area contributed by atoms with Gasteiger partial charge in [-0.3, -0.25) is 9.59 Å². The summed E-state index contributed by atoms with van der Waals surface area (Å²) >= 11 is 1.55. The Kier molecular flexibility index (Phi) is 4.34. The van der Waals surface area contributed by atoms with Gasteiger partial charge >= 0.3 is 0 Å². The number of para-hydroxylation sites is 1. The smallest absolute Gasteiger partial charge is 0.276 e. The average molecular weight is 325 g/mol. The topological polar surface area (TPSA) is 64.0 Å². The van der Waals surface area contributed by atoms with E-state index in [4.69, 9.17) is 0 Å². The summed E-state index contributed by atoms with van der Waals surface area (Å²) < 4.78 is 1.60. The van der Waals surface area contributed by atoms with Gasteiger partial charge in [0, 0.05) is 16.6 Å². The number of hydrogen-bond donors (Lipinski definition) is 1. The Morgan fingerprint density at radius 3 is 2.70 bits per heavy atom. The third kappa shape index (κ3) is 3.37. The van der Waals surface area contributed by atoms with Crippen molar-refractivity contribution in [1.29, 1.82) is 0 Å². The number of nitrogens with zero attached hydrogens (tertiary/aromatic N) is 2. The Balaban J connectivity index is 1.90. The Labute approximate surface area is 137 Å². The maximum absolute atomic E-state index is 12.3. The van der Waals surface area contributed by atoms with E-state index in [2.05, 4.69) is 10.4 Å². The van der Waals surface area contributed by atoms with Crippen LogP contribution in [0.5, 0.6) is 0 Å². The van der Waals surface area contributed by atoms with Gasteiger partial charge in [-0.25, -0.2) is 4.68 Å². The van der Waals surface area contributed by atoms with Crippen LogP contribution in [-0.4, -0.2) is 15.7 Å². The highest BCUT2D eigenvalue weighted by molar-refractivity contribution is 7.09. The summed E-state index contributed by atoms with van der Waals surface area (Å²) in [5.74, 6) is -0.465. The molecule has 23 heavy (non-hydrogen) atoms. The molecule has 116 valence electrons. The van der Waals surface area contributed by atoms with E-state index < -0.39 is 5.91 Å². The first-order chi connectivity index (χ1) is 11.1. The van der Waals surface area contributed by atoms with Gasteiger partial charge in [0.2, 0.25) is 5.43 Å². The number of thiophene rings is 1. The fourth-order valence-corrected chi connectivity index (χ4v) is 2.84. The molecule has 0 fully saturated rings. The van der Waals surface area contributed by atoms with Crippen LogP contribution in [0.15, 0.2) is 58.7 Å². The van der Waals surface area contributed by atoms with Crippen molar-refractivity contribution in [1.82, 2.24) is 15.1 Å². The molecule has 0 unspecified atom stereocenters. The predicted molar refractivity (Wildman–Crippen MR) is 90.1 cm³/mol. The lowest BCUT2D eigenvalue weighted by molar-refractivity contribution is 0.0943. The highest BCUT2D eigenvalue weighted by Gasteiger charge is 2.15. The number of aryl methyl sites for hydroxylation is 1. The van der Waals surface area contributed by atoms with Gasteiger partial charge in [0.15, 0.2) is 5.69 Å². The molecule has 6 heteroatoms. The van der Waals surface area contributed by atoms with Crippen molar-refractivity contribution in [3.8, 4) is 5.69 Å². The molecule has 1 amide bonds. The summed E-state index contributed by atoms with van der Waals surface area (Å²) in [4.78, 5) is 25.4. The fraction of sp³-hybridized carbons (Fsp3) is 0.118. The lowest BCUT2D eigenvalue weighted by Gasteiger charge is -2.11. The Morgan fingerprint density at radius 1 is 1.22 bits per heavy atom. The highest BCUT2D eigenvalue weighted by Crippen LogP contribution is 2.09. The number of hydrogen-bond acceptors (Lipinski definition) is 4. The van der Waals surface area contributed by atoms with Crippen molar-refractivity contribution < 1.29 is 4.79 Å². The molecule has 1 N–H and O–H groups in total. The molecule has 2 heterocycles. The van der Waals surface area contributed by atoms with Gasteiger partial charge in [-0.2, -0.15) is 5.10 Å². The maximum Gasteiger partial charge on any atom is 0.276 e. The first-order valence-corrected chi connectivity index (χ1v) is 8.00. The molecule has 3 aromatic rings. The molecule has 0 aliphatic heterocycles. The summed E-state index contributed by atoms with van der Waals surface area (Å²) in [5, 5.41) is 8.91. The van der Waals surface area contributed by atoms with E-state index >= 15 is 0 Å². The molecule has 0 saturated heterocycles. The summed E-state index contributed by atoms with van der Waals surface area (Å²) in [6.07, 6.45) is 0. The minimum absolute atomic E-state index is 0.101. The number of carbonyl (C=O) groups excluding carboxylic acids is 1. The van der Waals surface area contributed by atoms with Crippen LogP contribution in [0.2, 0.25) is 0 Å². The van der Waals surface area contributed by atoms with Crippen molar-refractivity contribution in [3.63, 3.8) is 0 Å². The van der Waals surface area contributed by atoms with E-state index in [0.29, 0.717) is 12.2 Å². The van der Waals surface area contributed by atoms with Gasteiger partial charge in [0.1, 0.15) is 0 Å². The molecule has 0 saturated carbocycles. The van der Waals surface area contributed by atoms with Crippen LogP contribution in [0.3, 0.4) is 0 Å². The summed E-state index contributed by atoms with van der Waals surface area (Å²) in [5.41, 5.74) is 1.00. The lowest BCUT2D eigenvalue weighted by atomic mass is 10.2. The molecule has 5 nitrogen and oxygen atoms in total. The average Bonchev–Trinajstić information content (AvgIpc) is 3.07. The second-order valence-corrected chi connectivity index (χ2v) is 6.04. The van der Waals surface area contributed by atoms with Crippen LogP contribution < -0.4 is 10.7 Å². The van der Waals surface area contributed by atoms with E-state index in [0.717, 1.165) is 10.6 Å². The minimum Gasteiger partial charge on any atom is -0.346 e. The SMILES string of the molecule is Cc1cc(=O)c(C(=O)NCc2cccs2)nn1-c1ccccc1. The second-order valence-electron chi connectivity index (χ2n) is 5.01. The van der Waals surface area contributed by atoms with Gasteiger partial charge in [-0.15, -0.1) is 11.3 Å². The van der Waals surface area contributed by atoms with Gasteiger partial charge in [-0.1, -0.05) is 24.3 Å². The molecule has 3 rings (SSSR count). The van der Waals surface area contributed by atoms with Gasteiger partial charge in [-0.05, 0) is 30.5 Å². The molecular weight excluding hydrogens is 310 g/mol. The first-order valence-electron chi connectivity index (χ1n) is 7.12. The van der Waals surface area contributed by atoms with E-state index in [9.17, 15) is 9.59 Å². The largest absolute Gasteiger partial charge is 0.346 e. The lowest BCUT2D eigenvalue weighted by Crippen LogP contribution is -2.31. The zero-order chi connectivity index (χ0) is 16.2. The highest BCUT2D eigenvalue weighted by atomic mass is 32.1. The van der Waals surface area contributed by atoms with E-state index in [-0.39, 0.29) is 11.1 Å². The summed E-state index contributed by atoms with van der Waals surface area (Å²) in [6, 6.07) is 14.7. The third-order valence-electron chi connectivity index (χ3n) is 3.33. The van der Waals surface area contributed by atoms with Crippen molar-refractivity contribution in [2.24, 2.45) is 0 Å². The van der Waals surface area contributed by atoms with Crippen molar-refractivity contribution in [3.05, 3.63) is 80.4 Å². The van der Waals surface area contributed by atoms with E-state index in [1.807, 2.05) is 47.8 Å². The molecule has 0 radical (unpaired) electrons. The number of nitrogens with one attached hydrogen (secondary N) is 1. The summed E-state index contributed by atoms with van der Waals surface area (Å²) in [7, 11) is 0. The fourth-order valence-electron chi connectivity index (χ4n) is 2.20. The van der Waals surface area contributed by atoms with Gasteiger partial charge in [0.05, 0.1) is 12.2 Å². The number of benzene rings is 1. The number of amides is 1. The second kappa shape index (κ2) is 6.58. The molecule has 1 aromatic carbocycles. The zero-order valence-corrected chi connectivity index (χ0v) is 13.3. The molecular formula is C17H15N3O2S. The van der Waals surface area contributed by atoms with Gasteiger partial charge < -0.3 is 5.32 Å². The predicted octanol–water partition coefficient (Wildman–Crippen LogP) is 2.53. The molecule has 0 aliphatic rings. The Hall–Kier alpha value is -2.73. The van der Waals surface area contributed by atoms with Crippen LogP contribution in [0.1, 0.15) is 21.1 Å². The number of aromatic nitrogens is 2. The monoisotopic (exact) mass is 325 g/mol.